The maximum absolute atomic E-state index is 2.65. The summed E-state index contributed by atoms with van der Waals surface area (Å²) in [6.07, 6.45) is 1.50. The largest absolute Gasteiger partial charge is 0.291 e. The Morgan fingerprint density at radius 3 is 2.46 bits per heavy atom. The van der Waals surface area contributed by atoms with Crippen LogP contribution in [-0.2, 0) is 0 Å². The Hall–Kier alpha value is 0.690. The van der Waals surface area contributed by atoms with Crippen molar-refractivity contribution in [1.82, 2.24) is 4.90 Å². The van der Waals surface area contributed by atoms with Crippen LogP contribution in [0.4, 0.5) is 0 Å². The number of halogens is 1. The normalized spacial score (nSPS) is 41.8. The summed E-state index contributed by atoms with van der Waals surface area (Å²) < 4.78 is 0.732. The number of fused-ring (bicyclic) bond motifs is 1. The first-order chi connectivity index (χ1) is 6.09. The second-order valence-electron chi connectivity index (χ2n) is 5.10. The molecule has 0 N–H and O–H groups in total. The van der Waals surface area contributed by atoms with Crippen molar-refractivity contribution in [2.45, 2.75) is 31.2 Å². The van der Waals surface area contributed by atoms with E-state index in [1.807, 2.05) is 0 Å². The molecule has 2 rings (SSSR count). The zero-order valence-corrected chi connectivity index (χ0v) is 11.0. The Bertz CT molecular complexity index is 185. The Balaban J connectivity index is 1.91. The summed E-state index contributed by atoms with van der Waals surface area (Å²) in [5, 5.41) is 0. The highest BCUT2D eigenvalue weighted by atomic mass is 127. The lowest BCUT2D eigenvalue weighted by Gasteiger charge is -2.42. The fourth-order valence-electron chi connectivity index (χ4n) is 3.05. The van der Waals surface area contributed by atoms with Gasteiger partial charge in [-0.15, -0.1) is 0 Å². The van der Waals surface area contributed by atoms with E-state index in [0.717, 1.165) is 27.7 Å². The topological polar surface area (TPSA) is 3.24 Å². The minimum Gasteiger partial charge on any atom is -0.291 e. The van der Waals surface area contributed by atoms with Crippen molar-refractivity contribution < 1.29 is 0 Å². The lowest BCUT2D eigenvalue weighted by atomic mass is 9.62. The van der Waals surface area contributed by atoms with E-state index in [-0.39, 0.29) is 0 Å². The zero-order valence-electron chi connectivity index (χ0n) is 8.83. The average Bonchev–Trinajstić information content (AvgIpc) is 2.28. The fraction of sp³-hybridized carbons (Fsp3) is 1.00. The van der Waals surface area contributed by atoms with Gasteiger partial charge in [-0.2, -0.15) is 0 Å². The molecule has 4 unspecified atom stereocenters. The van der Waals surface area contributed by atoms with Crippen LogP contribution in [-0.4, -0.2) is 22.0 Å². The van der Waals surface area contributed by atoms with E-state index in [9.17, 15) is 0 Å². The van der Waals surface area contributed by atoms with E-state index in [1.165, 1.54) is 19.5 Å². The first kappa shape index (κ1) is 10.2. The number of hydrogen-bond donors (Lipinski definition) is 0. The van der Waals surface area contributed by atoms with Crippen LogP contribution in [0.5, 0.6) is 0 Å². The van der Waals surface area contributed by atoms with Gasteiger partial charge in [0.25, 0.3) is 0 Å². The fourth-order valence-corrected chi connectivity index (χ4v) is 3.51. The molecule has 1 aliphatic heterocycles. The number of hydrogen-bond acceptors (Lipinski definition) is 1. The van der Waals surface area contributed by atoms with Gasteiger partial charge in [0.2, 0.25) is 0 Å². The van der Waals surface area contributed by atoms with Crippen LogP contribution in [0.1, 0.15) is 27.2 Å². The molecule has 2 heteroatoms. The van der Waals surface area contributed by atoms with Crippen molar-refractivity contribution >= 4 is 22.6 Å². The number of alkyl halides is 1. The molecule has 1 nitrogen and oxygen atoms in total. The predicted molar refractivity (Wildman–Crippen MR) is 65.0 cm³/mol. The second-order valence-corrected chi connectivity index (χ2v) is 6.90. The van der Waals surface area contributed by atoms with E-state index in [4.69, 9.17) is 0 Å². The van der Waals surface area contributed by atoms with E-state index in [2.05, 4.69) is 48.3 Å². The van der Waals surface area contributed by atoms with Crippen LogP contribution in [0.3, 0.4) is 0 Å². The minimum atomic E-state index is 0.732. The van der Waals surface area contributed by atoms with Crippen LogP contribution in [0.2, 0.25) is 0 Å². The highest BCUT2D eigenvalue weighted by molar-refractivity contribution is 14.1. The van der Waals surface area contributed by atoms with Crippen LogP contribution < -0.4 is 0 Å². The van der Waals surface area contributed by atoms with Gasteiger partial charge in [-0.1, -0.05) is 36.4 Å². The van der Waals surface area contributed by atoms with Crippen molar-refractivity contribution in [3.05, 3.63) is 0 Å². The first-order valence-corrected chi connectivity index (χ1v) is 6.72. The SMILES string of the molecule is CC(C)C1CC2CN(C(C)I)CC21. The van der Waals surface area contributed by atoms with Gasteiger partial charge in [0.05, 0.1) is 4.05 Å². The van der Waals surface area contributed by atoms with Gasteiger partial charge >= 0.3 is 0 Å². The molecular weight excluding hydrogens is 273 g/mol. The molecule has 0 aromatic heterocycles. The molecule has 76 valence electrons. The molecular formula is C11H20IN. The smallest absolute Gasteiger partial charge is 0.0590 e. The Labute approximate surface area is 95.4 Å². The zero-order chi connectivity index (χ0) is 9.59. The van der Waals surface area contributed by atoms with Gasteiger partial charge in [0.15, 0.2) is 0 Å². The third-order valence-corrected chi connectivity index (χ3v) is 4.79. The van der Waals surface area contributed by atoms with Crippen LogP contribution in [0.25, 0.3) is 0 Å². The van der Waals surface area contributed by atoms with Gasteiger partial charge in [-0.3, -0.25) is 4.90 Å². The third-order valence-electron chi connectivity index (χ3n) is 4.00. The summed E-state index contributed by atoms with van der Waals surface area (Å²) in [5.74, 6) is 4.03. The minimum absolute atomic E-state index is 0.732. The second kappa shape index (κ2) is 3.69. The van der Waals surface area contributed by atoms with Crippen LogP contribution in [0.15, 0.2) is 0 Å². The highest BCUT2D eigenvalue weighted by Crippen LogP contribution is 2.49. The van der Waals surface area contributed by atoms with Gasteiger partial charge < -0.3 is 0 Å². The molecule has 0 aromatic rings. The molecule has 0 radical (unpaired) electrons. The summed E-state index contributed by atoms with van der Waals surface area (Å²) >= 11 is 2.54. The quantitative estimate of drug-likeness (QED) is 0.430. The molecule has 1 saturated carbocycles. The van der Waals surface area contributed by atoms with E-state index in [1.54, 1.807) is 0 Å². The van der Waals surface area contributed by atoms with Gasteiger partial charge in [-0.05, 0) is 37.0 Å². The van der Waals surface area contributed by atoms with Crippen molar-refractivity contribution in [2.24, 2.45) is 23.7 Å². The Morgan fingerprint density at radius 2 is 1.92 bits per heavy atom. The molecule has 0 spiro atoms. The molecule has 2 fully saturated rings. The molecule has 13 heavy (non-hydrogen) atoms. The molecule has 0 amide bonds. The van der Waals surface area contributed by atoms with Crippen molar-refractivity contribution in [1.29, 1.82) is 0 Å². The number of nitrogens with zero attached hydrogens (tertiary/aromatic N) is 1. The Morgan fingerprint density at radius 1 is 1.23 bits per heavy atom. The molecule has 4 atom stereocenters. The summed E-state index contributed by atoms with van der Waals surface area (Å²) in [4.78, 5) is 2.65. The monoisotopic (exact) mass is 293 g/mol. The highest BCUT2D eigenvalue weighted by Gasteiger charge is 2.48. The molecule has 2 aliphatic rings. The standard InChI is InChI=1S/C11H20IN/c1-7(2)10-4-9-5-13(8(3)12)6-11(9)10/h7-11H,4-6H2,1-3H3. The summed E-state index contributed by atoms with van der Waals surface area (Å²) in [7, 11) is 0. The van der Waals surface area contributed by atoms with Gasteiger partial charge in [-0.25, -0.2) is 0 Å². The molecule has 1 saturated heterocycles. The predicted octanol–water partition coefficient (Wildman–Crippen LogP) is 2.99. The van der Waals surface area contributed by atoms with Gasteiger partial charge in [0.1, 0.15) is 0 Å². The summed E-state index contributed by atoms with van der Waals surface area (Å²) in [6, 6.07) is 0. The molecule has 1 aliphatic carbocycles. The van der Waals surface area contributed by atoms with Crippen molar-refractivity contribution in [3.8, 4) is 0 Å². The lowest BCUT2D eigenvalue weighted by molar-refractivity contribution is 0.0774. The van der Waals surface area contributed by atoms with E-state index < -0.39 is 0 Å². The van der Waals surface area contributed by atoms with E-state index in [0.29, 0.717) is 0 Å². The summed E-state index contributed by atoms with van der Waals surface area (Å²) in [5.41, 5.74) is 0. The number of likely N-dealkylation sites (tertiary alicyclic amines) is 1. The van der Waals surface area contributed by atoms with Gasteiger partial charge in [0, 0.05) is 13.1 Å². The maximum atomic E-state index is 2.65. The maximum Gasteiger partial charge on any atom is 0.0590 e. The van der Waals surface area contributed by atoms with Crippen LogP contribution in [0, 0.1) is 23.7 Å². The van der Waals surface area contributed by atoms with Crippen molar-refractivity contribution in [2.75, 3.05) is 13.1 Å². The molecule has 1 heterocycles. The van der Waals surface area contributed by atoms with E-state index >= 15 is 0 Å². The first-order valence-electron chi connectivity index (χ1n) is 5.47. The molecule has 0 aromatic carbocycles. The number of rotatable bonds is 2. The molecule has 0 bridgehead atoms. The third kappa shape index (κ3) is 1.76. The van der Waals surface area contributed by atoms with Crippen molar-refractivity contribution in [3.63, 3.8) is 0 Å². The average molecular weight is 293 g/mol. The van der Waals surface area contributed by atoms with Crippen LogP contribution >= 0.6 is 22.6 Å². The summed E-state index contributed by atoms with van der Waals surface area (Å²) in [6.45, 7) is 9.83. The Kier molecular flexibility index (Phi) is 2.90. The lowest BCUT2D eigenvalue weighted by Crippen LogP contribution is -2.38.